The van der Waals surface area contributed by atoms with E-state index >= 15 is 0 Å². The van der Waals surface area contributed by atoms with Gasteiger partial charge in [-0.25, -0.2) is 4.79 Å². The first-order chi connectivity index (χ1) is 9.47. The van der Waals surface area contributed by atoms with E-state index in [0.29, 0.717) is 0 Å². The van der Waals surface area contributed by atoms with E-state index < -0.39 is 12.0 Å². The second-order valence-electron chi connectivity index (χ2n) is 4.84. The van der Waals surface area contributed by atoms with Crippen LogP contribution in [0.15, 0.2) is 24.3 Å². The molecule has 0 radical (unpaired) electrons. The van der Waals surface area contributed by atoms with Gasteiger partial charge in [0.1, 0.15) is 11.8 Å². The van der Waals surface area contributed by atoms with Gasteiger partial charge in [0.25, 0.3) is 0 Å². The van der Waals surface area contributed by atoms with Gasteiger partial charge in [-0.1, -0.05) is 26.0 Å². The molecule has 1 aromatic rings. The molecule has 1 rings (SSSR count). The summed E-state index contributed by atoms with van der Waals surface area (Å²) in [6.45, 7) is 3.71. The van der Waals surface area contributed by atoms with Crippen LogP contribution in [0.1, 0.15) is 19.4 Å². The minimum absolute atomic E-state index is 0.0257. The van der Waals surface area contributed by atoms with Gasteiger partial charge in [0.05, 0.1) is 20.6 Å². The van der Waals surface area contributed by atoms with Crippen molar-refractivity contribution in [2.24, 2.45) is 5.92 Å². The summed E-state index contributed by atoms with van der Waals surface area (Å²) in [5.41, 5.74) is 0.857. The number of amides is 1. The van der Waals surface area contributed by atoms with Crippen LogP contribution in [-0.4, -0.2) is 32.1 Å². The maximum absolute atomic E-state index is 12.0. The molecule has 1 atom stereocenters. The fourth-order valence-electron chi connectivity index (χ4n) is 1.78. The molecule has 20 heavy (non-hydrogen) atoms. The number of carbonyl (C=O) groups is 2. The van der Waals surface area contributed by atoms with Crippen LogP contribution in [0.2, 0.25) is 0 Å². The maximum atomic E-state index is 12.0. The molecule has 0 spiro atoms. The van der Waals surface area contributed by atoms with E-state index in [1.165, 1.54) is 7.11 Å². The Morgan fingerprint density at radius 3 is 2.20 bits per heavy atom. The van der Waals surface area contributed by atoms with Gasteiger partial charge >= 0.3 is 5.97 Å². The molecule has 1 N–H and O–H groups in total. The number of rotatable bonds is 6. The smallest absolute Gasteiger partial charge is 0.328 e. The highest BCUT2D eigenvalue weighted by molar-refractivity contribution is 5.85. The van der Waals surface area contributed by atoms with Gasteiger partial charge in [-0.15, -0.1) is 0 Å². The number of carbonyl (C=O) groups excluding carboxylic acids is 2. The summed E-state index contributed by atoms with van der Waals surface area (Å²) in [4.78, 5) is 23.5. The molecular formula is C15H21NO4. The Balaban J connectivity index is 2.63. The fraction of sp³-hybridized carbons (Fsp3) is 0.467. The third-order valence-corrected chi connectivity index (χ3v) is 2.96. The van der Waals surface area contributed by atoms with Gasteiger partial charge in [0, 0.05) is 0 Å². The average Bonchev–Trinajstić information content (AvgIpc) is 2.44. The van der Waals surface area contributed by atoms with E-state index in [0.717, 1.165) is 11.3 Å². The molecule has 0 saturated heterocycles. The number of hydrogen-bond donors (Lipinski definition) is 1. The molecular weight excluding hydrogens is 258 g/mol. The molecule has 0 aliphatic carbocycles. The lowest BCUT2D eigenvalue weighted by Gasteiger charge is -2.19. The third-order valence-electron chi connectivity index (χ3n) is 2.96. The molecule has 1 unspecified atom stereocenters. The van der Waals surface area contributed by atoms with Crippen molar-refractivity contribution >= 4 is 11.9 Å². The molecule has 0 aliphatic heterocycles. The Morgan fingerprint density at radius 2 is 1.75 bits per heavy atom. The molecule has 110 valence electrons. The highest BCUT2D eigenvalue weighted by Crippen LogP contribution is 2.12. The predicted molar refractivity (Wildman–Crippen MR) is 75.5 cm³/mol. The quantitative estimate of drug-likeness (QED) is 0.802. The first-order valence-electron chi connectivity index (χ1n) is 6.48. The zero-order valence-corrected chi connectivity index (χ0v) is 12.3. The lowest BCUT2D eigenvalue weighted by molar-refractivity contribution is -0.146. The van der Waals surface area contributed by atoms with E-state index in [4.69, 9.17) is 4.74 Å². The van der Waals surface area contributed by atoms with E-state index in [1.807, 2.05) is 26.0 Å². The van der Waals surface area contributed by atoms with Crippen molar-refractivity contribution in [2.45, 2.75) is 26.3 Å². The number of benzene rings is 1. The van der Waals surface area contributed by atoms with Gasteiger partial charge in [-0.3, -0.25) is 4.79 Å². The molecule has 0 fully saturated rings. The number of hydrogen-bond acceptors (Lipinski definition) is 4. The molecule has 1 aromatic carbocycles. The van der Waals surface area contributed by atoms with Crippen molar-refractivity contribution in [1.29, 1.82) is 0 Å². The second-order valence-corrected chi connectivity index (χ2v) is 4.84. The molecule has 0 saturated carbocycles. The van der Waals surface area contributed by atoms with Crippen LogP contribution >= 0.6 is 0 Å². The highest BCUT2D eigenvalue weighted by atomic mass is 16.5. The Labute approximate surface area is 119 Å². The summed E-state index contributed by atoms with van der Waals surface area (Å²) in [5, 5.41) is 2.70. The van der Waals surface area contributed by atoms with Crippen molar-refractivity contribution in [2.75, 3.05) is 14.2 Å². The highest BCUT2D eigenvalue weighted by Gasteiger charge is 2.24. The summed E-state index contributed by atoms with van der Waals surface area (Å²) >= 11 is 0. The van der Waals surface area contributed by atoms with Crippen molar-refractivity contribution in [3.8, 4) is 5.75 Å². The SMILES string of the molecule is COC(=O)C(NC(=O)Cc1ccc(OC)cc1)C(C)C. The van der Waals surface area contributed by atoms with Crippen LogP contribution in [0.5, 0.6) is 5.75 Å². The van der Waals surface area contributed by atoms with Crippen LogP contribution in [0, 0.1) is 5.92 Å². The van der Waals surface area contributed by atoms with E-state index in [1.54, 1.807) is 19.2 Å². The predicted octanol–water partition coefficient (Wildman–Crippen LogP) is 1.55. The Bertz CT molecular complexity index is 453. The summed E-state index contributed by atoms with van der Waals surface area (Å²) in [6.07, 6.45) is 0.213. The minimum atomic E-state index is -0.620. The molecule has 0 aliphatic rings. The largest absolute Gasteiger partial charge is 0.497 e. The molecule has 0 bridgehead atoms. The normalized spacial score (nSPS) is 11.8. The number of ether oxygens (including phenoxy) is 2. The lowest BCUT2D eigenvalue weighted by atomic mass is 10.0. The summed E-state index contributed by atoms with van der Waals surface area (Å²) in [5.74, 6) is 0.0772. The second kappa shape index (κ2) is 7.53. The third kappa shape index (κ3) is 4.57. The fourth-order valence-corrected chi connectivity index (χ4v) is 1.78. The molecule has 5 nitrogen and oxygen atoms in total. The molecule has 5 heteroatoms. The summed E-state index contributed by atoms with van der Waals surface area (Å²) in [7, 11) is 2.90. The summed E-state index contributed by atoms with van der Waals surface area (Å²) < 4.78 is 9.74. The van der Waals surface area contributed by atoms with Gasteiger partial charge in [0.2, 0.25) is 5.91 Å². The standard InChI is InChI=1S/C15H21NO4/c1-10(2)14(15(18)20-4)16-13(17)9-11-5-7-12(19-3)8-6-11/h5-8,10,14H,9H2,1-4H3,(H,16,17). The van der Waals surface area contributed by atoms with Crippen LogP contribution < -0.4 is 10.1 Å². The van der Waals surface area contributed by atoms with Gasteiger partial charge in [-0.05, 0) is 23.6 Å². The van der Waals surface area contributed by atoms with Crippen molar-refractivity contribution in [1.82, 2.24) is 5.32 Å². The average molecular weight is 279 g/mol. The molecule has 0 aromatic heterocycles. The number of nitrogens with one attached hydrogen (secondary N) is 1. The zero-order valence-electron chi connectivity index (χ0n) is 12.3. The van der Waals surface area contributed by atoms with Crippen LogP contribution in [0.25, 0.3) is 0 Å². The van der Waals surface area contributed by atoms with Crippen LogP contribution in [0.4, 0.5) is 0 Å². The van der Waals surface area contributed by atoms with Gasteiger partial charge in [0.15, 0.2) is 0 Å². The van der Waals surface area contributed by atoms with Crippen LogP contribution in [-0.2, 0) is 20.7 Å². The van der Waals surface area contributed by atoms with Gasteiger partial charge < -0.3 is 14.8 Å². The van der Waals surface area contributed by atoms with E-state index in [2.05, 4.69) is 10.1 Å². The number of methoxy groups -OCH3 is 2. The van der Waals surface area contributed by atoms with Crippen LogP contribution in [0.3, 0.4) is 0 Å². The first-order valence-corrected chi connectivity index (χ1v) is 6.48. The van der Waals surface area contributed by atoms with Crippen molar-refractivity contribution < 1.29 is 19.1 Å². The maximum Gasteiger partial charge on any atom is 0.328 e. The topological polar surface area (TPSA) is 64.6 Å². The van der Waals surface area contributed by atoms with E-state index in [-0.39, 0.29) is 18.2 Å². The van der Waals surface area contributed by atoms with Crippen molar-refractivity contribution in [3.63, 3.8) is 0 Å². The first kappa shape index (κ1) is 16.0. The Hall–Kier alpha value is -2.04. The monoisotopic (exact) mass is 279 g/mol. The van der Waals surface area contributed by atoms with E-state index in [9.17, 15) is 9.59 Å². The Morgan fingerprint density at radius 1 is 1.15 bits per heavy atom. The number of esters is 1. The summed E-state index contributed by atoms with van der Waals surface area (Å²) in [6, 6.07) is 6.61. The minimum Gasteiger partial charge on any atom is -0.497 e. The molecule has 1 amide bonds. The van der Waals surface area contributed by atoms with Crippen molar-refractivity contribution in [3.05, 3.63) is 29.8 Å². The molecule has 0 heterocycles. The van der Waals surface area contributed by atoms with Gasteiger partial charge in [-0.2, -0.15) is 0 Å². The lowest BCUT2D eigenvalue weighted by Crippen LogP contribution is -2.45. The zero-order chi connectivity index (χ0) is 15.1. The Kier molecular flexibility index (Phi) is 6.03.